The van der Waals surface area contributed by atoms with E-state index in [4.69, 9.17) is 14.2 Å². The lowest BCUT2D eigenvalue weighted by molar-refractivity contribution is -0.160. The van der Waals surface area contributed by atoms with Crippen molar-refractivity contribution in [1.82, 2.24) is 9.97 Å². The average Bonchev–Trinajstić information content (AvgIpc) is 2.92. The third-order valence-electron chi connectivity index (χ3n) is 7.89. The van der Waals surface area contributed by atoms with Crippen LogP contribution in [-0.4, -0.2) is 53.5 Å². The molecule has 2 aromatic heterocycles. The number of aryl methyl sites for hydroxylation is 2. The molecule has 43 heavy (non-hydrogen) atoms. The van der Waals surface area contributed by atoms with E-state index in [1.54, 1.807) is 26.4 Å². The van der Waals surface area contributed by atoms with Gasteiger partial charge in [0.25, 0.3) is 0 Å². The zero-order chi connectivity index (χ0) is 31.5. The normalized spacial score (nSPS) is 15.7. The summed E-state index contributed by atoms with van der Waals surface area (Å²) in [5.41, 5.74) is 4.36. The van der Waals surface area contributed by atoms with E-state index < -0.39 is 23.5 Å². The molecule has 0 spiro atoms. The molecular weight excluding hydrogens is 549 g/mol. The second-order valence-electron chi connectivity index (χ2n) is 13.0. The van der Waals surface area contributed by atoms with E-state index in [2.05, 4.69) is 28.7 Å². The van der Waals surface area contributed by atoms with Gasteiger partial charge in [-0.05, 0) is 76.1 Å². The maximum absolute atomic E-state index is 15.4. The number of aliphatic carboxylic acids is 1. The molecule has 1 aromatic carbocycles. The molecule has 0 saturated carbocycles. The molecule has 1 N–H and O–H groups in total. The number of benzene rings is 1. The minimum absolute atomic E-state index is 0.0879. The minimum atomic E-state index is -1.25. The van der Waals surface area contributed by atoms with Crippen molar-refractivity contribution in [3.8, 4) is 22.8 Å². The Morgan fingerprint density at radius 2 is 1.81 bits per heavy atom. The number of carboxylic acids is 1. The zero-order valence-corrected chi connectivity index (χ0v) is 26.6. The number of hydrogen-bond donors (Lipinski definition) is 1. The number of carbonyl (C=O) groups is 1. The van der Waals surface area contributed by atoms with E-state index in [0.717, 1.165) is 42.8 Å². The molecule has 1 saturated heterocycles. The topological polar surface area (TPSA) is 94.0 Å². The summed E-state index contributed by atoms with van der Waals surface area (Å²) in [7, 11) is 1.64. The first-order valence-electron chi connectivity index (χ1n) is 14.8. The molecule has 3 heterocycles. The third-order valence-corrected chi connectivity index (χ3v) is 7.89. The highest BCUT2D eigenvalue weighted by molar-refractivity contribution is 5.86. The molecule has 1 atom stereocenters. The highest BCUT2D eigenvalue weighted by atomic mass is 19.1. The van der Waals surface area contributed by atoms with Gasteiger partial charge in [0.1, 0.15) is 5.75 Å². The molecule has 1 aliphatic heterocycles. The highest BCUT2D eigenvalue weighted by Gasteiger charge is 2.36. The second-order valence-corrected chi connectivity index (χ2v) is 13.0. The lowest BCUT2D eigenvalue weighted by atomic mass is 9.82. The number of nitrogens with zero attached hydrogens (tertiary/aromatic N) is 3. The molecule has 8 nitrogen and oxygen atoms in total. The Labute approximate surface area is 254 Å². The Bertz CT molecular complexity index is 1460. The summed E-state index contributed by atoms with van der Waals surface area (Å²) in [5, 5.41) is 10.3. The molecule has 1 fully saturated rings. The van der Waals surface area contributed by atoms with Crippen LogP contribution < -0.4 is 14.4 Å². The van der Waals surface area contributed by atoms with E-state index in [-0.39, 0.29) is 17.9 Å². The fourth-order valence-corrected chi connectivity index (χ4v) is 5.44. The van der Waals surface area contributed by atoms with Crippen LogP contribution in [0.2, 0.25) is 0 Å². The third kappa shape index (κ3) is 7.82. The van der Waals surface area contributed by atoms with Crippen LogP contribution in [0.25, 0.3) is 11.1 Å². The molecule has 4 rings (SSSR count). The van der Waals surface area contributed by atoms with E-state index in [1.165, 1.54) is 6.07 Å². The Hall–Kier alpha value is -3.72. The van der Waals surface area contributed by atoms with Gasteiger partial charge in [-0.15, -0.1) is 0 Å². The lowest BCUT2D eigenvalue weighted by Gasteiger charge is -2.40. The Kier molecular flexibility index (Phi) is 9.64. The summed E-state index contributed by atoms with van der Waals surface area (Å²) in [6, 6.07) is 7.27. The number of halogens is 1. The second kappa shape index (κ2) is 12.9. The SMILES string of the molecule is COc1ccc(CCOc2ncc(-c3cnc(C)c(C(OC(C)(C)C)C(=O)O)c3N3CCC(C)(C)CC3)cc2F)cc1C. The van der Waals surface area contributed by atoms with Crippen LogP contribution in [0.3, 0.4) is 0 Å². The predicted octanol–water partition coefficient (Wildman–Crippen LogP) is 7.10. The maximum atomic E-state index is 15.4. The Morgan fingerprint density at radius 1 is 1.12 bits per heavy atom. The first-order chi connectivity index (χ1) is 20.2. The quantitative estimate of drug-likeness (QED) is 0.266. The Morgan fingerprint density at radius 3 is 2.40 bits per heavy atom. The van der Waals surface area contributed by atoms with Gasteiger partial charge in [0, 0.05) is 54.3 Å². The average molecular weight is 594 g/mol. The van der Waals surface area contributed by atoms with Crippen molar-refractivity contribution in [3.63, 3.8) is 0 Å². The fourth-order valence-electron chi connectivity index (χ4n) is 5.44. The standard InChI is InChI=1S/C34H44FN3O5/c1-21-17-23(9-10-27(21)41-8)11-16-42-31-26(35)18-24(19-37-31)25-20-36-22(2)28(30(32(39)40)43-33(3,4)5)29(25)38-14-12-34(6,7)13-15-38/h9-10,17-20,30H,11-16H2,1-8H3,(H,39,40). The molecule has 1 unspecified atom stereocenters. The monoisotopic (exact) mass is 593 g/mol. The van der Waals surface area contributed by atoms with Crippen LogP contribution in [0.1, 0.15) is 75.9 Å². The van der Waals surface area contributed by atoms with Gasteiger partial charge in [0.05, 0.1) is 25.0 Å². The van der Waals surface area contributed by atoms with Crippen molar-refractivity contribution < 1.29 is 28.5 Å². The van der Waals surface area contributed by atoms with Crippen molar-refractivity contribution in [2.75, 3.05) is 31.7 Å². The summed E-state index contributed by atoms with van der Waals surface area (Å²) in [6.45, 7) is 15.4. The predicted molar refractivity (Wildman–Crippen MR) is 166 cm³/mol. The maximum Gasteiger partial charge on any atom is 0.337 e. The van der Waals surface area contributed by atoms with Gasteiger partial charge >= 0.3 is 5.97 Å². The summed E-state index contributed by atoms with van der Waals surface area (Å²) in [5.74, 6) is -0.975. The van der Waals surface area contributed by atoms with Gasteiger partial charge < -0.3 is 24.2 Å². The number of aromatic nitrogens is 2. The van der Waals surface area contributed by atoms with Gasteiger partial charge in [0.2, 0.25) is 5.88 Å². The molecule has 1 aliphatic rings. The van der Waals surface area contributed by atoms with Crippen LogP contribution in [0, 0.1) is 25.1 Å². The number of anilines is 1. The van der Waals surface area contributed by atoms with Gasteiger partial charge in [-0.1, -0.05) is 26.0 Å². The van der Waals surface area contributed by atoms with Crippen molar-refractivity contribution in [2.45, 2.75) is 79.4 Å². The van der Waals surface area contributed by atoms with Crippen molar-refractivity contribution >= 4 is 11.7 Å². The van der Waals surface area contributed by atoms with Crippen LogP contribution in [0.15, 0.2) is 36.7 Å². The van der Waals surface area contributed by atoms with Crippen molar-refractivity contribution in [1.29, 1.82) is 0 Å². The summed E-state index contributed by atoms with van der Waals surface area (Å²) in [4.78, 5) is 23.7. The van der Waals surface area contributed by atoms with Gasteiger partial charge in [0.15, 0.2) is 11.9 Å². The summed E-state index contributed by atoms with van der Waals surface area (Å²) in [6.07, 6.45) is 4.42. The van der Waals surface area contributed by atoms with Crippen LogP contribution in [0.5, 0.6) is 11.6 Å². The molecule has 0 amide bonds. The van der Waals surface area contributed by atoms with Crippen molar-refractivity contribution in [2.24, 2.45) is 5.41 Å². The Balaban J connectivity index is 1.68. The number of rotatable bonds is 10. The minimum Gasteiger partial charge on any atom is -0.496 e. The van der Waals surface area contributed by atoms with Crippen LogP contribution >= 0.6 is 0 Å². The molecular formula is C34H44FN3O5. The smallest absolute Gasteiger partial charge is 0.337 e. The number of ether oxygens (including phenoxy) is 3. The van der Waals surface area contributed by atoms with E-state index in [1.807, 2.05) is 45.9 Å². The number of piperidine rings is 1. The number of carboxylic acid groups (broad SMARTS) is 1. The summed E-state index contributed by atoms with van der Waals surface area (Å²) >= 11 is 0. The molecule has 0 radical (unpaired) electrons. The first kappa shape index (κ1) is 32.2. The van der Waals surface area contributed by atoms with E-state index >= 15 is 4.39 Å². The number of pyridine rings is 2. The molecule has 9 heteroatoms. The van der Waals surface area contributed by atoms with Crippen LogP contribution in [0.4, 0.5) is 10.1 Å². The van der Waals surface area contributed by atoms with E-state index in [9.17, 15) is 9.90 Å². The molecule has 232 valence electrons. The molecule has 0 bridgehead atoms. The van der Waals surface area contributed by atoms with Gasteiger partial charge in [-0.25, -0.2) is 14.2 Å². The van der Waals surface area contributed by atoms with Crippen molar-refractivity contribution in [3.05, 3.63) is 64.9 Å². The first-order valence-corrected chi connectivity index (χ1v) is 14.8. The highest BCUT2D eigenvalue weighted by Crippen LogP contribution is 2.43. The molecule has 0 aliphatic carbocycles. The lowest BCUT2D eigenvalue weighted by Crippen LogP contribution is -2.39. The number of hydrogen-bond acceptors (Lipinski definition) is 7. The fraction of sp³-hybridized carbons (Fsp3) is 0.500. The van der Waals surface area contributed by atoms with Gasteiger partial charge in [-0.2, -0.15) is 0 Å². The number of methoxy groups -OCH3 is 1. The zero-order valence-electron chi connectivity index (χ0n) is 26.6. The largest absolute Gasteiger partial charge is 0.496 e. The summed E-state index contributed by atoms with van der Waals surface area (Å²) < 4.78 is 32.6. The van der Waals surface area contributed by atoms with Gasteiger partial charge in [-0.3, -0.25) is 4.98 Å². The molecule has 3 aromatic rings. The van der Waals surface area contributed by atoms with Crippen LogP contribution in [-0.2, 0) is 16.0 Å². The van der Waals surface area contributed by atoms with E-state index in [0.29, 0.717) is 34.5 Å².